The Hall–Kier alpha value is -0.770. The Morgan fingerprint density at radius 1 is 1.43 bits per heavy atom. The van der Waals surface area contributed by atoms with Crippen molar-refractivity contribution in [3.05, 3.63) is 33.8 Å². The second-order valence-corrected chi connectivity index (χ2v) is 6.77. The van der Waals surface area contributed by atoms with Crippen molar-refractivity contribution in [3.8, 4) is 0 Å². The molecule has 0 radical (unpaired) electrons. The van der Waals surface area contributed by atoms with Gasteiger partial charge in [-0.3, -0.25) is 4.79 Å². The Kier molecular flexibility index (Phi) is 5.53. The van der Waals surface area contributed by atoms with Crippen molar-refractivity contribution in [1.82, 2.24) is 10.2 Å². The lowest BCUT2D eigenvalue weighted by molar-refractivity contribution is -0.135. The Labute approximate surface area is 136 Å². The molecule has 1 N–H and O–H groups in total. The highest BCUT2D eigenvalue weighted by Crippen LogP contribution is 2.30. The fourth-order valence-electron chi connectivity index (χ4n) is 2.78. The van der Waals surface area contributed by atoms with Crippen LogP contribution in [0.2, 0.25) is 10.0 Å². The Morgan fingerprint density at radius 2 is 2.14 bits per heavy atom. The molecule has 1 aromatic rings. The number of carbonyl (C=O) groups is 1. The van der Waals surface area contributed by atoms with Crippen LogP contribution in [0.5, 0.6) is 0 Å². The van der Waals surface area contributed by atoms with Crippen LogP contribution in [0.15, 0.2) is 18.2 Å². The van der Waals surface area contributed by atoms with Gasteiger partial charge in [0.05, 0.1) is 12.1 Å². The van der Waals surface area contributed by atoms with Gasteiger partial charge in [0.1, 0.15) is 0 Å². The summed E-state index contributed by atoms with van der Waals surface area (Å²) in [5.74, 6) is 0.711. The minimum Gasteiger partial charge on any atom is -0.338 e. The van der Waals surface area contributed by atoms with Crippen LogP contribution in [-0.2, 0) is 4.79 Å². The van der Waals surface area contributed by atoms with Gasteiger partial charge in [-0.15, -0.1) is 0 Å². The largest absolute Gasteiger partial charge is 0.338 e. The molecular formula is C16H22Cl2N2O. The lowest BCUT2D eigenvalue weighted by Crippen LogP contribution is -2.49. The van der Waals surface area contributed by atoms with E-state index in [2.05, 4.69) is 12.2 Å². The van der Waals surface area contributed by atoms with E-state index in [-0.39, 0.29) is 18.0 Å². The Morgan fingerprint density at radius 3 is 2.76 bits per heavy atom. The van der Waals surface area contributed by atoms with Crippen molar-refractivity contribution < 1.29 is 4.79 Å². The molecule has 5 heteroatoms. The van der Waals surface area contributed by atoms with Gasteiger partial charge >= 0.3 is 0 Å². The number of likely N-dealkylation sites (N-methyl/N-ethyl adjacent to an activating group) is 1. The molecule has 0 aliphatic carbocycles. The summed E-state index contributed by atoms with van der Waals surface area (Å²) in [5.41, 5.74) is 0.917. The first-order chi connectivity index (χ1) is 9.90. The second kappa shape index (κ2) is 6.99. The molecule has 0 bridgehead atoms. The third-order valence-electron chi connectivity index (χ3n) is 4.31. The lowest BCUT2D eigenvalue weighted by atomic mass is 9.93. The second-order valence-electron chi connectivity index (χ2n) is 5.93. The minimum atomic E-state index is -0.0905. The zero-order valence-electron chi connectivity index (χ0n) is 12.7. The number of amides is 1. The fourth-order valence-corrected chi connectivity index (χ4v) is 3.35. The highest BCUT2D eigenvalue weighted by Gasteiger charge is 2.29. The van der Waals surface area contributed by atoms with Crippen molar-refractivity contribution in [2.45, 2.75) is 38.8 Å². The van der Waals surface area contributed by atoms with Crippen molar-refractivity contribution in [2.24, 2.45) is 5.92 Å². The number of nitrogens with one attached hydrogen (secondary N) is 1. The number of nitrogens with zero attached hydrogens (tertiary/aromatic N) is 1. The highest BCUT2D eigenvalue weighted by molar-refractivity contribution is 6.35. The van der Waals surface area contributed by atoms with Crippen LogP contribution in [-0.4, -0.2) is 30.4 Å². The van der Waals surface area contributed by atoms with Gasteiger partial charge < -0.3 is 10.2 Å². The molecule has 1 aliphatic heterocycles. The quantitative estimate of drug-likeness (QED) is 0.912. The molecule has 21 heavy (non-hydrogen) atoms. The van der Waals surface area contributed by atoms with Crippen LogP contribution in [0.3, 0.4) is 0 Å². The Bertz CT molecular complexity index is 521. The molecule has 1 fully saturated rings. The molecule has 3 unspecified atom stereocenters. The maximum absolute atomic E-state index is 12.6. The number of halogens is 2. The zero-order valence-corrected chi connectivity index (χ0v) is 14.2. The van der Waals surface area contributed by atoms with Crippen LogP contribution in [0.4, 0.5) is 0 Å². The van der Waals surface area contributed by atoms with E-state index in [1.54, 1.807) is 17.0 Å². The van der Waals surface area contributed by atoms with Crippen LogP contribution in [0.25, 0.3) is 0 Å². The summed E-state index contributed by atoms with van der Waals surface area (Å²) in [6.07, 6.45) is 2.02. The van der Waals surface area contributed by atoms with E-state index in [0.717, 1.165) is 24.9 Å². The van der Waals surface area contributed by atoms with Crippen molar-refractivity contribution >= 4 is 29.1 Å². The maximum atomic E-state index is 12.6. The molecule has 116 valence electrons. The summed E-state index contributed by atoms with van der Waals surface area (Å²) in [4.78, 5) is 14.4. The van der Waals surface area contributed by atoms with Crippen molar-refractivity contribution in [2.75, 3.05) is 13.6 Å². The van der Waals surface area contributed by atoms with Gasteiger partial charge in [0, 0.05) is 17.1 Å². The van der Waals surface area contributed by atoms with Crippen LogP contribution in [0.1, 0.15) is 38.3 Å². The predicted octanol–water partition coefficient (Wildman–Crippen LogP) is 3.90. The summed E-state index contributed by atoms with van der Waals surface area (Å²) in [7, 11) is 1.83. The van der Waals surface area contributed by atoms with E-state index in [4.69, 9.17) is 23.2 Å². The number of benzene rings is 1. The molecule has 1 aromatic carbocycles. The molecule has 1 aliphatic rings. The summed E-state index contributed by atoms with van der Waals surface area (Å²) in [6, 6.07) is 5.23. The zero-order chi connectivity index (χ0) is 15.6. The lowest BCUT2D eigenvalue weighted by Gasteiger charge is -2.33. The highest BCUT2D eigenvalue weighted by atomic mass is 35.5. The van der Waals surface area contributed by atoms with E-state index in [9.17, 15) is 4.79 Å². The van der Waals surface area contributed by atoms with Gasteiger partial charge in [0.15, 0.2) is 0 Å². The molecule has 1 amide bonds. The third kappa shape index (κ3) is 3.91. The SMILES string of the molecule is CC1CCNC(C(=O)N(C)C(C)c2ccc(Cl)cc2Cl)C1. The molecule has 0 saturated carbocycles. The average molecular weight is 329 g/mol. The van der Waals surface area contributed by atoms with E-state index in [1.165, 1.54) is 0 Å². The van der Waals surface area contributed by atoms with Gasteiger partial charge in [0.25, 0.3) is 0 Å². The summed E-state index contributed by atoms with van der Waals surface area (Å²) >= 11 is 12.2. The number of piperidine rings is 1. The minimum absolute atomic E-state index is 0.0821. The monoisotopic (exact) mass is 328 g/mol. The van der Waals surface area contributed by atoms with E-state index >= 15 is 0 Å². The first-order valence-corrected chi connectivity index (χ1v) is 8.10. The number of hydrogen-bond donors (Lipinski definition) is 1. The predicted molar refractivity (Wildman–Crippen MR) is 87.8 cm³/mol. The molecule has 3 atom stereocenters. The van der Waals surface area contributed by atoms with Crippen LogP contribution < -0.4 is 5.32 Å². The van der Waals surface area contributed by atoms with E-state index in [1.807, 2.05) is 20.0 Å². The number of carbonyl (C=O) groups excluding carboxylic acids is 1. The molecule has 3 nitrogen and oxygen atoms in total. The molecular weight excluding hydrogens is 307 g/mol. The topological polar surface area (TPSA) is 32.3 Å². The van der Waals surface area contributed by atoms with Gasteiger partial charge in [-0.1, -0.05) is 36.2 Å². The maximum Gasteiger partial charge on any atom is 0.239 e. The number of hydrogen-bond acceptors (Lipinski definition) is 2. The fraction of sp³-hybridized carbons (Fsp3) is 0.562. The first-order valence-electron chi connectivity index (χ1n) is 7.35. The van der Waals surface area contributed by atoms with Crippen LogP contribution >= 0.6 is 23.2 Å². The normalized spacial score (nSPS) is 23.7. The van der Waals surface area contributed by atoms with Gasteiger partial charge in [-0.2, -0.15) is 0 Å². The van der Waals surface area contributed by atoms with Crippen LogP contribution in [0, 0.1) is 5.92 Å². The molecule has 1 saturated heterocycles. The van der Waals surface area contributed by atoms with Gasteiger partial charge in [-0.25, -0.2) is 0 Å². The first kappa shape index (κ1) is 16.6. The van der Waals surface area contributed by atoms with E-state index < -0.39 is 0 Å². The summed E-state index contributed by atoms with van der Waals surface area (Å²) in [6.45, 7) is 5.08. The molecule has 0 spiro atoms. The third-order valence-corrected chi connectivity index (χ3v) is 4.87. The standard InChI is InChI=1S/C16H22Cl2N2O/c1-10-6-7-19-15(8-10)16(21)20(3)11(2)13-5-4-12(17)9-14(13)18/h4-5,9-11,15,19H,6-8H2,1-3H3. The van der Waals surface area contributed by atoms with Crippen molar-refractivity contribution in [1.29, 1.82) is 0 Å². The smallest absolute Gasteiger partial charge is 0.239 e. The average Bonchev–Trinajstić information content (AvgIpc) is 2.45. The van der Waals surface area contributed by atoms with Crippen molar-refractivity contribution in [3.63, 3.8) is 0 Å². The molecule has 2 rings (SSSR count). The van der Waals surface area contributed by atoms with E-state index in [0.29, 0.717) is 16.0 Å². The molecule has 0 aromatic heterocycles. The summed E-state index contributed by atoms with van der Waals surface area (Å²) < 4.78 is 0. The van der Waals surface area contributed by atoms with Gasteiger partial charge in [0.2, 0.25) is 5.91 Å². The summed E-state index contributed by atoms with van der Waals surface area (Å²) in [5, 5.41) is 4.52. The Balaban J connectivity index is 2.10. The van der Waals surface area contributed by atoms with Gasteiger partial charge in [-0.05, 0) is 49.9 Å². The molecule has 1 heterocycles. The number of rotatable bonds is 3.